The predicted octanol–water partition coefficient (Wildman–Crippen LogP) is 5.19. The molecule has 0 radical (unpaired) electrons. The fourth-order valence-electron chi connectivity index (χ4n) is 2.57. The van der Waals surface area contributed by atoms with Gasteiger partial charge in [-0.05, 0) is 32.6 Å². The third-order valence-corrected chi connectivity index (χ3v) is 3.81. The normalized spacial score (nSPS) is 12.8. The summed E-state index contributed by atoms with van der Waals surface area (Å²) in [4.78, 5) is 11.6. The van der Waals surface area contributed by atoms with Gasteiger partial charge in [0.2, 0.25) is 0 Å². The molecule has 0 aliphatic heterocycles. The minimum atomic E-state index is -0.569. The molecule has 118 valence electrons. The first kappa shape index (κ1) is 19.4. The van der Waals surface area contributed by atoms with Gasteiger partial charge in [0, 0.05) is 12.8 Å². The Bertz CT molecular complexity index is 284. The quantitative estimate of drug-likeness (QED) is 0.500. The molecule has 0 bridgehead atoms. The molecule has 2 nitrogen and oxygen atoms in total. The van der Waals surface area contributed by atoms with Crippen molar-refractivity contribution in [3.05, 3.63) is 11.6 Å². The number of Topliss-reactive ketones (excluding diaryl/α,β-unsaturated/α-hetero) is 1. The molecule has 0 spiro atoms. The Balaban J connectivity index is 4.45. The van der Waals surface area contributed by atoms with E-state index in [9.17, 15) is 9.90 Å². The fourth-order valence-corrected chi connectivity index (χ4v) is 2.57. The van der Waals surface area contributed by atoms with E-state index in [2.05, 4.69) is 13.8 Å². The van der Waals surface area contributed by atoms with Gasteiger partial charge in [-0.25, -0.2) is 0 Å². The maximum Gasteiger partial charge on any atom is 0.136 e. The molecule has 0 rings (SSSR count). The van der Waals surface area contributed by atoms with Crippen molar-refractivity contribution in [1.82, 2.24) is 0 Å². The Hall–Kier alpha value is -0.630. The van der Waals surface area contributed by atoms with Crippen molar-refractivity contribution in [2.45, 2.75) is 97.5 Å². The van der Waals surface area contributed by atoms with Gasteiger partial charge in [0.25, 0.3) is 0 Å². The first-order valence-electron chi connectivity index (χ1n) is 8.37. The number of carbonyl (C=O) groups excluding carboxylic acids is 1. The van der Waals surface area contributed by atoms with Gasteiger partial charge in [0.15, 0.2) is 0 Å². The first-order valence-corrected chi connectivity index (χ1v) is 8.37. The van der Waals surface area contributed by atoms with E-state index in [1.165, 1.54) is 0 Å². The fraction of sp³-hybridized carbons (Fsp3) is 0.833. The van der Waals surface area contributed by atoms with Gasteiger partial charge >= 0.3 is 0 Å². The van der Waals surface area contributed by atoms with Crippen LogP contribution in [0.25, 0.3) is 0 Å². The Morgan fingerprint density at radius 2 is 1.60 bits per heavy atom. The lowest BCUT2D eigenvalue weighted by molar-refractivity contribution is -0.118. The van der Waals surface area contributed by atoms with Crippen LogP contribution in [-0.2, 0) is 4.79 Å². The lowest BCUT2D eigenvalue weighted by atomic mass is 9.85. The van der Waals surface area contributed by atoms with E-state index in [0.717, 1.165) is 50.5 Å². The highest BCUT2D eigenvalue weighted by atomic mass is 16.3. The lowest BCUT2D eigenvalue weighted by Crippen LogP contribution is -2.29. The minimum absolute atomic E-state index is 0.303. The molecule has 0 aromatic heterocycles. The minimum Gasteiger partial charge on any atom is -0.390 e. The molecule has 20 heavy (non-hydrogen) atoms. The van der Waals surface area contributed by atoms with Crippen LogP contribution < -0.4 is 0 Å². The Morgan fingerprint density at radius 1 is 1.05 bits per heavy atom. The molecule has 0 aromatic rings. The monoisotopic (exact) mass is 282 g/mol. The number of unbranched alkanes of at least 4 members (excludes halogenated alkanes) is 2. The smallest absolute Gasteiger partial charge is 0.136 e. The maximum absolute atomic E-state index is 11.6. The summed E-state index contributed by atoms with van der Waals surface area (Å²) in [6.07, 6.45) is 11.0. The molecule has 0 aromatic carbocycles. The zero-order valence-electron chi connectivity index (χ0n) is 14.0. The van der Waals surface area contributed by atoms with Crippen molar-refractivity contribution in [2.75, 3.05) is 0 Å². The van der Waals surface area contributed by atoms with Crippen molar-refractivity contribution < 1.29 is 9.90 Å². The summed E-state index contributed by atoms with van der Waals surface area (Å²) in [5, 5.41) is 10.8. The van der Waals surface area contributed by atoms with E-state index >= 15 is 0 Å². The van der Waals surface area contributed by atoms with Gasteiger partial charge in [-0.15, -0.1) is 0 Å². The summed E-state index contributed by atoms with van der Waals surface area (Å²) >= 11 is 0. The summed E-state index contributed by atoms with van der Waals surface area (Å²) in [6.45, 7) is 8.39. The van der Waals surface area contributed by atoms with E-state index in [4.69, 9.17) is 0 Å². The van der Waals surface area contributed by atoms with Crippen LogP contribution in [0.1, 0.15) is 91.9 Å². The third kappa shape index (κ3) is 9.30. The number of hydrogen-bond donors (Lipinski definition) is 1. The van der Waals surface area contributed by atoms with E-state index in [1.807, 2.05) is 19.9 Å². The SMILES string of the molecule is CCCCC(O)(CCCC)C/C(C)=C\CC(=O)CCC. The average molecular weight is 282 g/mol. The molecule has 0 atom stereocenters. The molecule has 0 fully saturated rings. The second kappa shape index (κ2) is 11.1. The van der Waals surface area contributed by atoms with Gasteiger partial charge in [0.05, 0.1) is 5.60 Å². The highest BCUT2D eigenvalue weighted by Gasteiger charge is 2.25. The van der Waals surface area contributed by atoms with E-state index in [0.29, 0.717) is 25.0 Å². The largest absolute Gasteiger partial charge is 0.390 e. The summed E-state index contributed by atoms with van der Waals surface area (Å²) in [6, 6.07) is 0. The highest BCUT2D eigenvalue weighted by molar-refractivity contribution is 5.79. The zero-order valence-corrected chi connectivity index (χ0v) is 14.0. The molecule has 0 saturated heterocycles. The standard InChI is InChI=1S/C18H34O2/c1-5-8-13-18(20,14-9-6-2)15-16(4)11-12-17(19)10-7-3/h11,20H,5-10,12-15H2,1-4H3/b16-11-. The van der Waals surface area contributed by atoms with Crippen molar-refractivity contribution in [1.29, 1.82) is 0 Å². The number of hydrogen-bond acceptors (Lipinski definition) is 2. The molecule has 0 aliphatic carbocycles. The van der Waals surface area contributed by atoms with Crippen LogP contribution in [0.2, 0.25) is 0 Å². The Labute approximate surface area is 125 Å². The van der Waals surface area contributed by atoms with Gasteiger partial charge < -0.3 is 5.11 Å². The summed E-state index contributed by atoms with van der Waals surface area (Å²) in [5.41, 5.74) is 0.588. The number of carbonyl (C=O) groups is 1. The van der Waals surface area contributed by atoms with Gasteiger partial charge in [-0.3, -0.25) is 4.79 Å². The van der Waals surface area contributed by atoms with Crippen LogP contribution in [-0.4, -0.2) is 16.5 Å². The summed E-state index contributed by atoms with van der Waals surface area (Å²) in [5.74, 6) is 0.303. The first-order chi connectivity index (χ1) is 9.47. The summed E-state index contributed by atoms with van der Waals surface area (Å²) in [7, 11) is 0. The van der Waals surface area contributed by atoms with E-state index < -0.39 is 5.60 Å². The highest BCUT2D eigenvalue weighted by Crippen LogP contribution is 2.28. The van der Waals surface area contributed by atoms with Gasteiger partial charge in [-0.2, -0.15) is 0 Å². The molecule has 0 heterocycles. The summed E-state index contributed by atoms with van der Waals surface area (Å²) < 4.78 is 0. The van der Waals surface area contributed by atoms with Gasteiger partial charge in [0.1, 0.15) is 5.78 Å². The third-order valence-electron chi connectivity index (χ3n) is 3.81. The van der Waals surface area contributed by atoms with Crippen molar-refractivity contribution >= 4 is 5.78 Å². The number of aliphatic hydroxyl groups is 1. The molecular formula is C18H34O2. The number of allylic oxidation sites excluding steroid dienone is 1. The van der Waals surface area contributed by atoms with Crippen molar-refractivity contribution in [3.8, 4) is 0 Å². The number of rotatable bonds is 12. The van der Waals surface area contributed by atoms with Crippen LogP contribution in [0.5, 0.6) is 0 Å². The van der Waals surface area contributed by atoms with Crippen LogP contribution >= 0.6 is 0 Å². The lowest BCUT2D eigenvalue weighted by Gasteiger charge is -2.28. The van der Waals surface area contributed by atoms with E-state index in [1.54, 1.807) is 0 Å². The molecule has 0 saturated carbocycles. The zero-order chi connectivity index (χ0) is 15.4. The Morgan fingerprint density at radius 3 is 2.05 bits per heavy atom. The van der Waals surface area contributed by atoms with Gasteiger partial charge in [-0.1, -0.05) is 58.1 Å². The predicted molar refractivity (Wildman–Crippen MR) is 86.9 cm³/mol. The topological polar surface area (TPSA) is 37.3 Å². The molecule has 1 N–H and O–H groups in total. The van der Waals surface area contributed by atoms with Crippen molar-refractivity contribution in [3.63, 3.8) is 0 Å². The van der Waals surface area contributed by atoms with E-state index in [-0.39, 0.29) is 0 Å². The van der Waals surface area contributed by atoms with Crippen LogP contribution in [0, 0.1) is 0 Å². The average Bonchev–Trinajstić information content (AvgIpc) is 2.41. The second-order valence-corrected chi connectivity index (χ2v) is 6.15. The second-order valence-electron chi connectivity index (χ2n) is 6.15. The number of ketones is 1. The maximum atomic E-state index is 11.6. The van der Waals surface area contributed by atoms with Crippen LogP contribution in [0.4, 0.5) is 0 Å². The van der Waals surface area contributed by atoms with Crippen LogP contribution in [0.3, 0.4) is 0 Å². The molecule has 0 aliphatic rings. The Kier molecular flexibility index (Phi) is 10.7. The molecule has 2 heteroatoms. The van der Waals surface area contributed by atoms with Crippen LogP contribution in [0.15, 0.2) is 11.6 Å². The molecule has 0 amide bonds. The van der Waals surface area contributed by atoms with Crippen molar-refractivity contribution in [2.24, 2.45) is 0 Å². The molecule has 0 unspecified atom stereocenters. The molecular weight excluding hydrogens is 248 g/mol.